The number of ether oxygens (including phenoxy) is 1. The Morgan fingerprint density at radius 2 is 2.03 bits per heavy atom. The van der Waals surface area contributed by atoms with E-state index in [2.05, 4.69) is 46.6 Å². The Morgan fingerprint density at radius 1 is 1.24 bits per heavy atom. The summed E-state index contributed by atoms with van der Waals surface area (Å²) < 4.78 is 6.41. The fourth-order valence-corrected chi connectivity index (χ4v) is 6.34. The first-order valence-electron chi connectivity index (χ1n) is 10.5. The average molecular weight is 433 g/mol. The minimum Gasteiger partial charge on any atom is -0.369 e. The molecule has 4 heterocycles. The molecule has 0 radical (unpaired) electrons. The highest BCUT2D eigenvalue weighted by atomic mass is 35.5. The van der Waals surface area contributed by atoms with Crippen LogP contribution in [0.2, 0.25) is 0 Å². The van der Waals surface area contributed by atoms with Gasteiger partial charge in [0, 0.05) is 29.3 Å². The molecule has 2 fully saturated rings. The Balaban J connectivity index is 0.00000205. The molecule has 156 valence electrons. The third kappa shape index (κ3) is 4.11. The van der Waals surface area contributed by atoms with Crippen LogP contribution in [-0.4, -0.2) is 43.6 Å². The van der Waals surface area contributed by atoms with Gasteiger partial charge in [-0.2, -0.15) is 0 Å². The quantitative estimate of drug-likeness (QED) is 0.789. The fourth-order valence-electron chi connectivity index (χ4n) is 4.92. The highest BCUT2D eigenvalue weighted by molar-refractivity contribution is 7.15. The predicted molar refractivity (Wildman–Crippen MR) is 120 cm³/mol. The minimum absolute atomic E-state index is 0. The molecule has 0 aliphatic carbocycles. The van der Waals surface area contributed by atoms with Crippen LogP contribution in [0.25, 0.3) is 10.4 Å². The minimum atomic E-state index is -0.184. The first-order valence-corrected chi connectivity index (χ1v) is 11.4. The zero-order valence-electron chi connectivity index (χ0n) is 16.7. The molecular weight excluding hydrogens is 404 g/mol. The zero-order valence-corrected chi connectivity index (χ0v) is 18.3. The van der Waals surface area contributed by atoms with E-state index < -0.39 is 0 Å². The molecule has 6 heteroatoms. The Kier molecular flexibility index (Phi) is 6.30. The summed E-state index contributed by atoms with van der Waals surface area (Å²) in [4.78, 5) is 17.5. The van der Waals surface area contributed by atoms with Crippen molar-refractivity contribution >= 4 is 29.7 Å². The molecular formula is C23H29ClN2O2S. The van der Waals surface area contributed by atoms with Crippen LogP contribution in [0, 0.1) is 5.92 Å². The van der Waals surface area contributed by atoms with E-state index in [1.807, 2.05) is 11.3 Å². The molecule has 1 aromatic heterocycles. The molecule has 1 unspecified atom stereocenters. The summed E-state index contributed by atoms with van der Waals surface area (Å²) in [5.74, 6) is 0.849. The molecule has 1 amide bonds. The van der Waals surface area contributed by atoms with Crippen molar-refractivity contribution in [2.45, 2.75) is 37.7 Å². The maximum absolute atomic E-state index is 12.7. The number of hydrogen-bond donors (Lipinski definition) is 1. The van der Waals surface area contributed by atoms with E-state index in [0.29, 0.717) is 18.2 Å². The molecule has 3 aliphatic heterocycles. The largest absolute Gasteiger partial charge is 0.369 e. The second-order valence-corrected chi connectivity index (χ2v) is 9.42. The number of carbonyl (C=O) groups excluding carboxylic acids is 1. The lowest BCUT2D eigenvalue weighted by molar-refractivity contribution is -0.141. The van der Waals surface area contributed by atoms with Crippen molar-refractivity contribution in [2.75, 3.05) is 32.8 Å². The normalized spacial score (nSPS) is 22.9. The number of benzene rings is 1. The van der Waals surface area contributed by atoms with Crippen LogP contribution in [0.15, 0.2) is 36.4 Å². The summed E-state index contributed by atoms with van der Waals surface area (Å²) >= 11 is 1.89. The van der Waals surface area contributed by atoms with E-state index in [9.17, 15) is 4.79 Å². The van der Waals surface area contributed by atoms with E-state index in [4.69, 9.17) is 4.74 Å². The second kappa shape index (κ2) is 8.76. The van der Waals surface area contributed by atoms with Crippen LogP contribution < -0.4 is 5.32 Å². The van der Waals surface area contributed by atoms with Gasteiger partial charge in [0.1, 0.15) is 5.60 Å². The number of likely N-dealkylation sites (tertiary alicyclic amines) is 1. The Hall–Kier alpha value is -1.40. The van der Waals surface area contributed by atoms with Crippen molar-refractivity contribution in [2.24, 2.45) is 5.92 Å². The lowest BCUT2D eigenvalue weighted by Gasteiger charge is -2.43. The highest BCUT2D eigenvalue weighted by Crippen LogP contribution is 2.47. The van der Waals surface area contributed by atoms with Crippen molar-refractivity contribution in [3.8, 4) is 10.4 Å². The molecule has 0 saturated carbocycles. The first-order chi connectivity index (χ1) is 13.7. The topological polar surface area (TPSA) is 41.6 Å². The van der Waals surface area contributed by atoms with Gasteiger partial charge in [-0.25, -0.2) is 0 Å². The van der Waals surface area contributed by atoms with Crippen molar-refractivity contribution in [3.63, 3.8) is 0 Å². The molecule has 1 N–H and O–H groups in total. The smallest absolute Gasteiger partial charge is 0.222 e. The number of thiophene rings is 1. The predicted octanol–water partition coefficient (Wildman–Crippen LogP) is 4.23. The van der Waals surface area contributed by atoms with Gasteiger partial charge in [0.15, 0.2) is 0 Å². The van der Waals surface area contributed by atoms with Crippen LogP contribution in [0.5, 0.6) is 0 Å². The number of halogens is 1. The maximum atomic E-state index is 12.7. The number of amides is 1. The Bertz CT molecular complexity index is 840. The van der Waals surface area contributed by atoms with Gasteiger partial charge in [-0.3, -0.25) is 4.79 Å². The van der Waals surface area contributed by atoms with Gasteiger partial charge in [0.25, 0.3) is 0 Å². The lowest BCUT2D eigenvalue weighted by Crippen LogP contribution is -2.48. The molecule has 1 atom stereocenters. The maximum Gasteiger partial charge on any atom is 0.222 e. The highest BCUT2D eigenvalue weighted by Gasteiger charge is 2.43. The average Bonchev–Trinajstić information content (AvgIpc) is 3.40. The summed E-state index contributed by atoms with van der Waals surface area (Å²) in [5, 5.41) is 3.36. The number of piperidine rings is 1. The van der Waals surface area contributed by atoms with Crippen LogP contribution >= 0.6 is 23.7 Å². The van der Waals surface area contributed by atoms with Gasteiger partial charge < -0.3 is 15.0 Å². The van der Waals surface area contributed by atoms with Gasteiger partial charge in [-0.15, -0.1) is 23.7 Å². The molecule has 2 saturated heterocycles. The van der Waals surface area contributed by atoms with Crippen LogP contribution in [0.4, 0.5) is 0 Å². The summed E-state index contributed by atoms with van der Waals surface area (Å²) in [7, 11) is 0. The van der Waals surface area contributed by atoms with Gasteiger partial charge >= 0.3 is 0 Å². The van der Waals surface area contributed by atoms with E-state index in [1.54, 1.807) is 0 Å². The number of carbonyl (C=O) groups is 1. The standard InChI is InChI=1S/C23H28N2O2S.ClH/c26-21(14-17-6-10-24-16-17)25-11-8-23(9-12-25)22-19(7-13-27-23)15-20(28-22)18-4-2-1-3-5-18;/h1-5,15,17,24H,6-14,16H2;1H. The van der Waals surface area contributed by atoms with Crippen LogP contribution in [0.3, 0.4) is 0 Å². The SMILES string of the molecule is Cl.O=C(CC1CCNC1)N1CCC2(CC1)OCCc1cc(-c3ccccc3)sc12. The second-order valence-electron chi connectivity index (χ2n) is 8.37. The third-order valence-corrected chi connectivity index (χ3v) is 7.99. The number of fused-ring (bicyclic) bond motifs is 2. The third-order valence-electron chi connectivity index (χ3n) is 6.58. The van der Waals surface area contributed by atoms with Crippen LogP contribution in [-0.2, 0) is 21.6 Å². The monoisotopic (exact) mass is 432 g/mol. The van der Waals surface area contributed by atoms with E-state index >= 15 is 0 Å². The number of hydrogen-bond acceptors (Lipinski definition) is 4. The molecule has 0 bridgehead atoms. The molecule has 1 spiro atoms. The van der Waals surface area contributed by atoms with Gasteiger partial charge in [-0.05, 0) is 61.9 Å². The molecule has 29 heavy (non-hydrogen) atoms. The van der Waals surface area contributed by atoms with E-state index in [1.165, 1.54) is 20.9 Å². The Morgan fingerprint density at radius 3 is 2.76 bits per heavy atom. The molecule has 4 nitrogen and oxygen atoms in total. The zero-order chi connectivity index (χ0) is 19.0. The first kappa shape index (κ1) is 20.9. The summed E-state index contributed by atoms with van der Waals surface area (Å²) in [6.07, 6.45) is 4.67. The molecule has 1 aromatic carbocycles. The van der Waals surface area contributed by atoms with Crippen molar-refractivity contribution in [1.29, 1.82) is 0 Å². The lowest BCUT2D eigenvalue weighted by atomic mass is 9.85. The van der Waals surface area contributed by atoms with Gasteiger partial charge in [0.2, 0.25) is 5.91 Å². The van der Waals surface area contributed by atoms with Crippen molar-refractivity contribution in [1.82, 2.24) is 10.2 Å². The molecule has 3 aliphatic rings. The van der Waals surface area contributed by atoms with Crippen molar-refractivity contribution < 1.29 is 9.53 Å². The van der Waals surface area contributed by atoms with Crippen molar-refractivity contribution in [3.05, 3.63) is 46.8 Å². The number of nitrogens with one attached hydrogen (secondary N) is 1. The molecule has 5 rings (SSSR count). The number of rotatable bonds is 3. The number of nitrogens with zero attached hydrogens (tertiary/aromatic N) is 1. The molecule has 2 aromatic rings. The summed E-state index contributed by atoms with van der Waals surface area (Å²) in [5.41, 5.74) is 2.55. The van der Waals surface area contributed by atoms with E-state index in [0.717, 1.165) is 58.5 Å². The van der Waals surface area contributed by atoms with Gasteiger partial charge in [0.05, 0.1) is 6.61 Å². The Labute approximate surface area is 183 Å². The fraction of sp³-hybridized carbons (Fsp3) is 0.522. The summed E-state index contributed by atoms with van der Waals surface area (Å²) in [6, 6.07) is 13.0. The van der Waals surface area contributed by atoms with Gasteiger partial charge in [-0.1, -0.05) is 30.3 Å². The van der Waals surface area contributed by atoms with E-state index in [-0.39, 0.29) is 18.0 Å². The summed E-state index contributed by atoms with van der Waals surface area (Å²) in [6.45, 7) is 4.47. The van der Waals surface area contributed by atoms with Crippen LogP contribution in [0.1, 0.15) is 36.1 Å².